The van der Waals surface area contributed by atoms with Gasteiger partial charge in [0, 0.05) is 13.1 Å². The zero-order valence-electron chi connectivity index (χ0n) is 13.0. The molecule has 1 heterocycles. The van der Waals surface area contributed by atoms with Crippen molar-refractivity contribution in [2.75, 3.05) is 13.1 Å². The Hall–Kier alpha value is -2.23. The number of hydrogen-bond donors (Lipinski definition) is 0. The molecule has 0 bridgehead atoms. The molecular formula is C18H17FN2O2S. The number of halogens is 1. The van der Waals surface area contributed by atoms with Crippen LogP contribution in [0.2, 0.25) is 0 Å². The highest BCUT2D eigenvalue weighted by atomic mass is 32.2. The monoisotopic (exact) mass is 344 g/mol. The molecule has 6 heteroatoms. The Morgan fingerprint density at radius 2 is 2.00 bits per heavy atom. The van der Waals surface area contributed by atoms with Crippen LogP contribution < -0.4 is 0 Å². The number of sulfonamides is 1. The predicted molar refractivity (Wildman–Crippen MR) is 89.1 cm³/mol. The first-order chi connectivity index (χ1) is 11.5. The second-order valence-corrected chi connectivity index (χ2v) is 7.94. The standard InChI is InChI=1S/C18H17FN2O2S/c19-18-6-2-5-16(10-18)17-7-8-21(12-17)24(22,23)13-15-4-1-3-14(9-15)11-20/h1-6,9-10,17H,7-8,12-13H2/t17-/m1/s1. The molecule has 2 aromatic carbocycles. The van der Waals surface area contributed by atoms with Crippen LogP contribution in [0.4, 0.5) is 4.39 Å². The molecule has 1 aliphatic rings. The van der Waals surface area contributed by atoms with Crippen LogP contribution in [0.5, 0.6) is 0 Å². The first-order valence-electron chi connectivity index (χ1n) is 7.70. The molecule has 0 amide bonds. The van der Waals surface area contributed by atoms with Gasteiger partial charge in [-0.2, -0.15) is 5.26 Å². The molecule has 0 unspecified atom stereocenters. The summed E-state index contributed by atoms with van der Waals surface area (Å²) in [6.45, 7) is 0.797. The first kappa shape index (κ1) is 16.6. The van der Waals surface area contributed by atoms with Crippen molar-refractivity contribution in [1.29, 1.82) is 5.26 Å². The average Bonchev–Trinajstić information content (AvgIpc) is 3.05. The van der Waals surface area contributed by atoms with Crippen molar-refractivity contribution in [2.45, 2.75) is 18.1 Å². The van der Waals surface area contributed by atoms with E-state index in [2.05, 4.69) is 0 Å². The van der Waals surface area contributed by atoms with Gasteiger partial charge in [-0.05, 0) is 47.7 Å². The molecule has 0 radical (unpaired) electrons. The van der Waals surface area contributed by atoms with Crippen LogP contribution >= 0.6 is 0 Å². The molecule has 0 aliphatic carbocycles. The molecule has 3 rings (SSSR count). The van der Waals surface area contributed by atoms with Gasteiger partial charge < -0.3 is 0 Å². The van der Waals surface area contributed by atoms with Crippen molar-refractivity contribution in [2.24, 2.45) is 0 Å². The predicted octanol–water partition coefficient (Wildman–Crippen LogP) is 3.02. The highest BCUT2D eigenvalue weighted by molar-refractivity contribution is 7.88. The fraction of sp³-hybridized carbons (Fsp3) is 0.278. The van der Waals surface area contributed by atoms with Crippen LogP contribution in [-0.2, 0) is 15.8 Å². The SMILES string of the molecule is N#Cc1cccc(CS(=O)(=O)N2CC[C@@H](c3cccc(F)c3)C2)c1. The third-order valence-corrected chi connectivity index (χ3v) is 6.09. The summed E-state index contributed by atoms with van der Waals surface area (Å²) in [5.41, 5.74) is 1.88. The van der Waals surface area contributed by atoms with Crippen LogP contribution in [-0.4, -0.2) is 25.8 Å². The molecule has 1 atom stereocenters. The normalized spacial score (nSPS) is 18.4. The van der Waals surface area contributed by atoms with Gasteiger partial charge >= 0.3 is 0 Å². The molecule has 24 heavy (non-hydrogen) atoms. The number of hydrogen-bond acceptors (Lipinski definition) is 3. The second kappa shape index (κ2) is 6.71. The summed E-state index contributed by atoms with van der Waals surface area (Å²) in [7, 11) is -3.46. The molecule has 0 aromatic heterocycles. The van der Waals surface area contributed by atoms with Gasteiger partial charge in [0.25, 0.3) is 0 Å². The van der Waals surface area contributed by atoms with Crippen molar-refractivity contribution in [3.8, 4) is 6.07 Å². The third kappa shape index (κ3) is 3.64. The van der Waals surface area contributed by atoms with Gasteiger partial charge in [0.05, 0.1) is 17.4 Å². The molecular weight excluding hydrogens is 327 g/mol. The summed E-state index contributed by atoms with van der Waals surface area (Å²) in [5, 5.41) is 8.91. The summed E-state index contributed by atoms with van der Waals surface area (Å²) in [6, 6.07) is 15.0. The van der Waals surface area contributed by atoms with Gasteiger partial charge in [-0.15, -0.1) is 0 Å². The second-order valence-electron chi connectivity index (χ2n) is 5.97. The van der Waals surface area contributed by atoms with Gasteiger partial charge in [0.1, 0.15) is 5.82 Å². The lowest BCUT2D eigenvalue weighted by atomic mass is 9.99. The Labute approximate surface area is 141 Å². The van der Waals surface area contributed by atoms with Crippen molar-refractivity contribution >= 4 is 10.0 Å². The first-order valence-corrected chi connectivity index (χ1v) is 9.31. The topological polar surface area (TPSA) is 61.2 Å². The van der Waals surface area contributed by atoms with Crippen molar-refractivity contribution in [3.63, 3.8) is 0 Å². The molecule has 1 fully saturated rings. The van der Waals surface area contributed by atoms with Crippen molar-refractivity contribution in [3.05, 3.63) is 71.0 Å². The van der Waals surface area contributed by atoms with Crippen LogP contribution in [0, 0.1) is 17.1 Å². The summed E-state index contributed by atoms with van der Waals surface area (Å²) in [6.07, 6.45) is 0.681. The summed E-state index contributed by atoms with van der Waals surface area (Å²) < 4.78 is 40.0. The Kier molecular flexibility index (Phi) is 4.65. The van der Waals surface area contributed by atoms with E-state index in [0.29, 0.717) is 30.6 Å². The van der Waals surface area contributed by atoms with Gasteiger partial charge in [-0.25, -0.2) is 17.1 Å². The number of benzene rings is 2. The maximum absolute atomic E-state index is 13.4. The van der Waals surface area contributed by atoms with Crippen LogP contribution in [0.15, 0.2) is 48.5 Å². The minimum Gasteiger partial charge on any atom is -0.212 e. The number of nitriles is 1. The van der Waals surface area contributed by atoms with E-state index in [9.17, 15) is 12.8 Å². The lowest BCUT2D eigenvalue weighted by Crippen LogP contribution is -2.29. The van der Waals surface area contributed by atoms with Crippen molar-refractivity contribution < 1.29 is 12.8 Å². The van der Waals surface area contributed by atoms with Gasteiger partial charge in [0.15, 0.2) is 0 Å². The smallest absolute Gasteiger partial charge is 0.212 e. The molecule has 0 spiro atoms. The fourth-order valence-electron chi connectivity index (χ4n) is 3.05. The van der Waals surface area contributed by atoms with Crippen LogP contribution in [0.3, 0.4) is 0 Å². The van der Waals surface area contributed by atoms with E-state index in [0.717, 1.165) is 5.56 Å². The van der Waals surface area contributed by atoms with Gasteiger partial charge in [-0.3, -0.25) is 0 Å². The van der Waals surface area contributed by atoms with E-state index in [4.69, 9.17) is 5.26 Å². The Morgan fingerprint density at radius 3 is 2.75 bits per heavy atom. The van der Waals surface area contributed by atoms with Crippen LogP contribution in [0.1, 0.15) is 29.0 Å². The fourth-order valence-corrected chi connectivity index (χ4v) is 4.62. The third-order valence-electron chi connectivity index (χ3n) is 4.27. The van der Waals surface area contributed by atoms with Gasteiger partial charge in [0.2, 0.25) is 10.0 Å². The summed E-state index contributed by atoms with van der Waals surface area (Å²) >= 11 is 0. The van der Waals surface area contributed by atoms with E-state index < -0.39 is 10.0 Å². The average molecular weight is 344 g/mol. The maximum atomic E-state index is 13.4. The molecule has 0 saturated carbocycles. The van der Waals surface area contributed by atoms with E-state index in [1.807, 2.05) is 12.1 Å². The summed E-state index contributed by atoms with van der Waals surface area (Å²) in [5.74, 6) is -0.415. The van der Waals surface area contributed by atoms with E-state index in [1.54, 1.807) is 30.3 Å². The zero-order chi connectivity index (χ0) is 17.2. The van der Waals surface area contributed by atoms with Crippen LogP contribution in [0.25, 0.3) is 0 Å². The molecule has 124 valence electrons. The van der Waals surface area contributed by atoms with E-state index >= 15 is 0 Å². The number of nitrogens with zero attached hydrogens (tertiary/aromatic N) is 2. The highest BCUT2D eigenvalue weighted by Crippen LogP contribution is 2.30. The molecule has 0 N–H and O–H groups in total. The Morgan fingerprint density at radius 1 is 1.21 bits per heavy atom. The summed E-state index contributed by atoms with van der Waals surface area (Å²) in [4.78, 5) is 0. The number of rotatable bonds is 4. The van der Waals surface area contributed by atoms with Crippen molar-refractivity contribution in [1.82, 2.24) is 4.31 Å². The quantitative estimate of drug-likeness (QED) is 0.856. The van der Waals surface area contributed by atoms with E-state index in [1.165, 1.54) is 16.4 Å². The Balaban J connectivity index is 1.73. The highest BCUT2D eigenvalue weighted by Gasteiger charge is 2.32. The lowest BCUT2D eigenvalue weighted by molar-refractivity contribution is 0.472. The minimum atomic E-state index is -3.46. The van der Waals surface area contributed by atoms with Gasteiger partial charge in [-0.1, -0.05) is 24.3 Å². The van der Waals surface area contributed by atoms with E-state index in [-0.39, 0.29) is 17.5 Å². The lowest BCUT2D eigenvalue weighted by Gasteiger charge is -2.17. The maximum Gasteiger partial charge on any atom is 0.218 e. The molecule has 4 nitrogen and oxygen atoms in total. The largest absolute Gasteiger partial charge is 0.218 e. The molecule has 2 aromatic rings. The molecule has 1 aliphatic heterocycles. The molecule has 1 saturated heterocycles. The zero-order valence-corrected chi connectivity index (χ0v) is 13.8. The minimum absolute atomic E-state index is 0.0147. The Bertz CT molecular complexity index is 890.